The second-order valence-electron chi connectivity index (χ2n) is 5.56. The molecular weight excluding hydrogens is 276 g/mol. The van der Waals surface area contributed by atoms with Crippen LogP contribution in [-0.4, -0.2) is 45.3 Å². The number of aromatic nitrogens is 2. The van der Waals surface area contributed by atoms with Crippen molar-refractivity contribution in [3.8, 4) is 0 Å². The van der Waals surface area contributed by atoms with Gasteiger partial charge in [0.25, 0.3) is 0 Å². The molecule has 22 heavy (non-hydrogen) atoms. The number of nitrogens with zero attached hydrogens (tertiary/aromatic N) is 4. The lowest BCUT2D eigenvalue weighted by molar-refractivity contribution is -0.132. The number of piperazine rings is 1. The summed E-state index contributed by atoms with van der Waals surface area (Å²) in [5.74, 6) is 0.139. The van der Waals surface area contributed by atoms with E-state index in [0.717, 1.165) is 31.9 Å². The highest BCUT2D eigenvalue weighted by molar-refractivity contribution is 5.73. The topological polar surface area (TPSA) is 49.3 Å². The highest BCUT2D eigenvalue weighted by Gasteiger charge is 2.29. The Hall–Kier alpha value is -2.27. The van der Waals surface area contributed by atoms with Crippen LogP contribution in [0.2, 0.25) is 0 Å². The Morgan fingerprint density at radius 3 is 2.73 bits per heavy atom. The van der Waals surface area contributed by atoms with Gasteiger partial charge in [0.2, 0.25) is 5.91 Å². The summed E-state index contributed by atoms with van der Waals surface area (Å²) in [6, 6.07) is 10.5. The molecule has 0 saturated carbocycles. The molecule has 0 spiro atoms. The van der Waals surface area contributed by atoms with Gasteiger partial charge in [-0.15, -0.1) is 0 Å². The van der Waals surface area contributed by atoms with Crippen LogP contribution in [0.1, 0.15) is 24.2 Å². The Balaban J connectivity index is 1.82. The van der Waals surface area contributed by atoms with Crippen molar-refractivity contribution >= 4 is 5.91 Å². The molecule has 1 aliphatic rings. The van der Waals surface area contributed by atoms with Gasteiger partial charge < -0.3 is 4.90 Å². The third-order valence-corrected chi connectivity index (χ3v) is 4.10. The molecule has 3 rings (SSSR count). The van der Waals surface area contributed by atoms with Gasteiger partial charge in [-0.1, -0.05) is 30.3 Å². The van der Waals surface area contributed by atoms with Gasteiger partial charge in [0.05, 0.1) is 11.7 Å². The van der Waals surface area contributed by atoms with Crippen molar-refractivity contribution in [3.05, 3.63) is 60.2 Å². The molecule has 5 nitrogen and oxygen atoms in total. The Labute approximate surface area is 130 Å². The lowest BCUT2D eigenvalue weighted by Crippen LogP contribution is -2.49. The summed E-state index contributed by atoms with van der Waals surface area (Å²) < 4.78 is 0. The highest BCUT2D eigenvalue weighted by Crippen LogP contribution is 2.26. The molecule has 1 atom stereocenters. The summed E-state index contributed by atoms with van der Waals surface area (Å²) in [6.45, 7) is 4.72. The molecule has 1 aliphatic heterocycles. The molecule has 2 heterocycles. The molecule has 1 amide bonds. The Bertz CT molecular complexity index is 617. The number of carbonyl (C=O) groups excluding carboxylic acids is 1. The van der Waals surface area contributed by atoms with Crippen molar-refractivity contribution < 1.29 is 4.79 Å². The fourth-order valence-corrected chi connectivity index (χ4v) is 2.91. The molecule has 0 bridgehead atoms. The van der Waals surface area contributed by atoms with Crippen LogP contribution in [0.25, 0.3) is 0 Å². The summed E-state index contributed by atoms with van der Waals surface area (Å²) in [5, 5.41) is 0. The molecule has 2 aromatic rings. The van der Waals surface area contributed by atoms with E-state index < -0.39 is 0 Å². The van der Waals surface area contributed by atoms with E-state index in [1.165, 1.54) is 5.56 Å². The second kappa shape index (κ2) is 6.66. The number of benzene rings is 1. The van der Waals surface area contributed by atoms with E-state index in [0.29, 0.717) is 0 Å². The Morgan fingerprint density at radius 1 is 1.23 bits per heavy atom. The smallest absolute Gasteiger partial charge is 0.219 e. The van der Waals surface area contributed by atoms with Crippen molar-refractivity contribution in [2.75, 3.05) is 19.6 Å². The first kappa shape index (κ1) is 14.7. The SMILES string of the molecule is CC(=O)N1CCN(Cc2cnccn2)C(c2ccccc2)C1. The Kier molecular flexibility index (Phi) is 4.44. The van der Waals surface area contributed by atoms with Gasteiger partial charge in [-0.05, 0) is 5.56 Å². The van der Waals surface area contributed by atoms with Gasteiger partial charge in [-0.2, -0.15) is 0 Å². The van der Waals surface area contributed by atoms with Gasteiger partial charge in [0.15, 0.2) is 0 Å². The molecule has 5 heteroatoms. The number of amides is 1. The van der Waals surface area contributed by atoms with Crippen LogP contribution in [0, 0.1) is 0 Å². The molecule has 1 aromatic carbocycles. The van der Waals surface area contributed by atoms with E-state index in [9.17, 15) is 4.79 Å². The molecule has 0 aliphatic carbocycles. The summed E-state index contributed by atoms with van der Waals surface area (Å²) in [4.78, 5) is 24.5. The standard InChI is InChI=1S/C17H20N4O/c1-14(22)20-9-10-21(12-16-11-18-7-8-19-16)17(13-20)15-5-3-2-4-6-15/h2-8,11,17H,9-10,12-13H2,1H3. The first-order valence-corrected chi connectivity index (χ1v) is 7.53. The second-order valence-corrected chi connectivity index (χ2v) is 5.56. The van der Waals surface area contributed by atoms with Gasteiger partial charge in [-0.25, -0.2) is 0 Å². The number of carbonyl (C=O) groups is 1. The van der Waals surface area contributed by atoms with Crippen LogP contribution in [-0.2, 0) is 11.3 Å². The van der Waals surface area contributed by atoms with Gasteiger partial charge in [-0.3, -0.25) is 19.7 Å². The van der Waals surface area contributed by atoms with E-state index in [1.807, 2.05) is 23.1 Å². The first-order chi connectivity index (χ1) is 10.7. The van der Waals surface area contributed by atoms with E-state index in [1.54, 1.807) is 25.5 Å². The molecule has 0 radical (unpaired) electrons. The van der Waals surface area contributed by atoms with E-state index >= 15 is 0 Å². The van der Waals surface area contributed by atoms with Crippen LogP contribution in [0.4, 0.5) is 0 Å². The predicted octanol–water partition coefficient (Wildman–Crippen LogP) is 1.88. The quantitative estimate of drug-likeness (QED) is 0.868. The van der Waals surface area contributed by atoms with Crippen LogP contribution < -0.4 is 0 Å². The predicted molar refractivity (Wildman–Crippen MR) is 83.9 cm³/mol. The number of hydrogen-bond donors (Lipinski definition) is 0. The molecule has 1 unspecified atom stereocenters. The first-order valence-electron chi connectivity index (χ1n) is 7.53. The van der Waals surface area contributed by atoms with E-state index in [4.69, 9.17) is 0 Å². The normalized spacial score (nSPS) is 19.1. The molecule has 0 N–H and O–H groups in total. The monoisotopic (exact) mass is 296 g/mol. The minimum absolute atomic E-state index is 0.139. The Morgan fingerprint density at radius 2 is 2.05 bits per heavy atom. The fourth-order valence-electron chi connectivity index (χ4n) is 2.91. The maximum atomic E-state index is 11.7. The summed E-state index contributed by atoms with van der Waals surface area (Å²) in [6.07, 6.45) is 5.21. The maximum Gasteiger partial charge on any atom is 0.219 e. The van der Waals surface area contributed by atoms with E-state index in [-0.39, 0.29) is 11.9 Å². The average molecular weight is 296 g/mol. The number of hydrogen-bond acceptors (Lipinski definition) is 4. The van der Waals surface area contributed by atoms with Crippen LogP contribution >= 0.6 is 0 Å². The van der Waals surface area contributed by atoms with Crippen molar-refractivity contribution in [3.63, 3.8) is 0 Å². The van der Waals surface area contributed by atoms with Crippen LogP contribution in [0.3, 0.4) is 0 Å². The van der Waals surface area contributed by atoms with Gasteiger partial charge in [0, 0.05) is 51.7 Å². The van der Waals surface area contributed by atoms with Crippen molar-refractivity contribution in [1.82, 2.24) is 19.8 Å². The molecule has 1 saturated heterocycles. The summed E-state index contributed by atoms with van der Waals surface area (Å²) >= 11 is 0. The third kappa shape index (κ3) is 3.31. The number of rotatable bonds is 3. The van der Waals surface area contributed by atoms with Gasteiger partial charge >= 0.3 is 0 Å². The van der Waals surface area contributed by atoms with Crippen LogP contribution in [0.15, 0.2) is 48.9 Å². The summed E-state index contributed by atoms with van der Waals surface area (Å²) in [5.41, 5.74) is 2.19. The molecular formula is C17H20N4O. The largest absolute Gasteiger partial charge is 0.340 e. The maximum absolute atomic E-state index is 11.7. The molecule has 1 fully saturated rings. The highest BCUT2D eigenvalue weighted by atomic mass is 16.2. The fraction of sp³-hybridized carbons (Fsp3) is 0.353. The van der Waals surface area contributed by atoms with Crippen molar-refractivity contribution in [2.45, 2.75) is 19.5 Å². The molecule has 1 aromatic heterocycles. The minimum Gasteiger partial charge on any atom is -0.340 e. The average Bonchev–Trinajstić information content (AvgIpc) is 2.57. The lowest BCUT2D eigenvalue weighted by Gasteiger charge is -2.41. The van der Waals surface area contributed by atoms with E-state index in [2.05, 4.69) is 27.0 Å². The van der Waals surface area contributed by atoms with Gasteiger partial charge in [0.1, 0.15) is 0 Å². The zero-order valence-corrected chi connectivity index (χ0v) is 12.7. The summed E-state index contributed by atoms with van der Waals surface area (Å²) in [7, 11) is 0. The van der Waals surface area contributed by atoms with Crippen molar-refractivity contribution in [1.29, 1.82) is 0 Å². The zero-order valence-electron chi connectivity index (χ0n) is 12.7. The molecule has 114 valence electrons. The van der Waals surface area contributed by atoms with Crippen molar-refractivity contribution in [2.24, 2.45) is 0 Å². The lowest BCUT2D eigenvalue weighted by atomic mass is 10.0. The third-order valence-electron chi connectivity index (χ3n) is 4.10. The zero-order chi connectivity index (χ0) is 15.4. The van der Waals surface area contributed by atoms with Crippen LogP contribution in [0.5, 0.6) is 0 Å². The minimum atomic E-state index is 0.139.